The van der Waals surface area contributed by atoms with Crippen molar-refractivity contribution in [3.8, 4) is 11.5 Å². The molecule has 1 unspecified atom stereocenters. The molecule has 0 saturated carbocycles. The molecule has 0 fully saturated rings. The summed E-state index contributed by atoms with van der Waals surface area (Å²) < 4.78 is 24.6. The molecular formula is C11H15BrFNO2. The van der Waals surface area contributed by atoms with E-state index in [1.54, 1.807) is 6.07 Å². The average Bonchev–Trinajstić information content (AvgIpc) is 2.30. The van der Waals surface area contributed by atoms with Crippen LogP contribution in [0.3, 0.4) is 0 Å². The molecule has 0 heterocycles. The number of nitrogens with two attached hydrogens (primary N) is 1. The Morgan fingerprint density at radius 3 is 2.50 bits per heavy atom. The third-order valence-corrected chi connectivity index (χ3v) is 3.02. The van der Waals surface area contributed by atoms with Crippen molar-refractivity contribution in [1.82, 2.24) is 0 Å². The van der Waals surface area contributed by atoms with Crippen LogP contribution in [0.2, 0.25) is 0 Å². The summed E-state index contributed by atoms with van der Waals surface area (Å²) in [5.74, 6) is 0.407. The van der Waals surface area contributed by atoms with Gasteiger partial charge in [-0.1, -0.05) is 6.92 Å². The van der Waals surface area contributed by atoms with Crippen LogP contribution in [0.15, 0.2) is 10.5 Å². The van der Waals surface area contributed by atoms with Gasteiger partial charge in [-0.15, -0.1) is 0 Å². The van der Waals surface area contributed by atoms with Crippen molar-refractivity contribution in [3.05, 3.63) is 21.9 Å². The maximum Gasteiger partial charge on any atom is 0.167 e. The van der Waals surface area contributed by atoms with E-state index in [2.05, 4.69) is 15.9 Å². The smallest absolute Gasteiger partial charge is 0.167 e. The second kappa shape index (κ2) is 5.50. The fourth-order valence-electron chi connectivity index (χ4n) is 1.53. The van der Waals surface area contributed by atoms with Gasteiger partial charge < -0.3 is 15.2 Å². The van der Waals surface area contributed by atoms with Gasteiger partial charge in [0.25, 0.3) is 0 Å². The van der Waals surface area contributed by atoms with Gasteiger partial charge in [0.2, 0.25) is 0 Å². The molecule has 1 aromatic rings. The number of benzene rings is 1. The van der Waals surface area contributed by atoms with Crippen LogP contribution in [0.4, 0.5) is 4.39 Å². The first kappa shape index (κ1) is 13.3. The van der Waals surface area contributed by atoms with Gasteiger partial charge in [-0.2, -0.15) is 0 Å². The molecule has 0 aromatic heterocycles. The molecule has 90 valence electrons. The fourth-order valence-corrected chi connectivity index (χ4v) is 1.95. The van der Waals surface area contributed by atoms with Crippen molar-refractivity contribution in [1.29, 1.82) is 0 Å². The third kappa shape index (κ3) is 2.30. The summed E-state index contributed by atoms with van der Waals surface area (Å²) in [6.07, 6.45) is 0. The molecule has 0 spiro atoms. The van der Waals surface area contributed by atoms with E-state index in [0.29, 0.717) is 28.1 Å². The van der Waals surface area contributed by atoms with Gasteiger partial charge in [-0.3, -0.25) is 0 Å². The van der Waals surface area contributed by atoms with Crippen molar-refractivity contribution >= 4 is 15.9 Å². The Hall–Kier alpha value is -0.810. The van der Waals surface area contributed by atoms with Gasteiger partial charge in [0.1, 0.15) is 5.82 Å². The van der Waals surface area contributed by atoms with Crippen LogP contribution in [0.1, 0.15) is 18.4 Å². The molecule has 0 aliphatic rings. The minimum Gasteiger partial charge on any atom is -0.493 e. The molecule has 0 radical (unpaired) electrons. The predicted octanol–water partition coefficient (Wildman–Crippen LogP) is 2.67. The van der Waals surface area contributed by atoms with Crippen LogP contribution < -0.4 is 15.2 Å². The zero-order valence-electron chi connectivity index (χ0n) is 9.51. The Morgan fingerprint density at radius 1 is 1.44 bits per heavy atom. The van der Waals surface area contributed by atoms with Gasteiger partial charge in [0.05, 0.1) is 18.7 Å². The zero-order valence-corrected chi connectivity index (χ0v) is 11.1. The summed E-state index contributed by atoms with van der Waals surface area (Å²) >= 11 is 3.15. The van der Waals surface area contributed by atoms with E-state index in [0.717, 1.165) is 0 Å². The van der Waals surface area contributed by atoms with E-state index in [-0.39, 0.29) is 11.7 Å². The van der Waals surface area contributed by atoms with Crippen LogP contribution in [-0.2, 0) is 0 Å². The van der Waals surface area contributed by atoms with Gasteiger partial charge in [0, 0.05) is 17.5 Å². The molecule has 0 aliphatic carbocycles. The van der Waals surface area contributed by atoms with E-state index in [4.69, 9.17) is 15.2 Å². The quantitative estimate of drug-likeness (QED) is 0.928. The van der Waals surface area contributed by atoms with E-state index < -0.39 is 0 Å². The number of rotatable bonds is 4. The van der Waals surface area contributed by atoms with Crippen LogP contribution in [0.25, 0.3) is 0 Å². The maximum atomic E-state index is 14.0. The molecule has 3 nitrogen and oxygen atoms in total. The fraction of sp³-hybridized carbons (Fsp3) is 0.455. The molecule has 5 heteroatoms. The number of hydrogen-bond acceptors (Lipinski definition) is 3. The SMILES string of the molecule is COc1cc(Br)c(F)c(C(C)CN)c1OC. The van der Waals surface area contributed by atoms with Gasteiger partial charge >= 0.3 is 0 Å². The lowest BCUT2D eigenvalue weighted by Crippen LogP contribution is -2.12. The monoisotopic (exact) mass is 291 g/mol. The summed E-state index contributed by atoms with van der Waals surface area (Å²) in [5.41, 5.74) is 6.00. The first-order chi connectivity index (χ1) is 7.56. The highest BCUT2D eigenvalue weighted by atomic mass is 79.9. The summed E-state index contributed by atoms with van der Waals surface area (Å²) in [6.45, 7) is 2.18. The van der Waals surface area contributed by atoms with E-state index in [9.17, 15) is 4.39 Å². The Labute approximate surface area is 103 Å². The van der Waals surface area contributed by atoms with Gasteiger partial charge in [0.15, 0.2) is 11.5 Å². The lowest BCUT2D eigenvalue weighted by atomic mass is 9.99. The molecule has 1 rings (SSSR count). The minimum atomic E-state index is -0.351. The molecule has 1 aromatic carbocycles. The summed E-state index contributed by atoms with van der Waals surface area (Å²) in [7, 11) is 3.00. The van der Waals surface area contributed by atoms with Crippen LogP contribution in [0, 0.1) is 5.82 Å². The zero-order chi connectivity index (χ0) is 12.3. The van der Waals surface area contributed by atoms with Crippen molar-refractivity contribution < 1.29 is 13.9 Å². The molecule has 1 atom stereocenters. The standard InChI is InChI=1S/C11H15BrFNO2/c1-6(5-14)9-10(13)7(12)4-8(15-2)11(9)16-3/h4,6H,5,14H2,1-3H3. The molecule has 0 amide bonds. The van der Waals surface area contributed by atoms with E-state index in [1.165, 1.54) is 14.2 Å². The number of hydrogen-bond donors (Lipinski definition) is 1. The van der Waals surface area contributed by atoms with Crippen LogP contribution >= 0.6 is 15.9 Å². The summed E-state index contributed by atoms with van der Waals surface area (Å²) in [4.78, 5) is 0. The highest BCUT2D eigenvalue weighted by molar-refractivity contribution is 9.10. The molecular weight excluding hydrogens is 277 g/mol. The Kier molecular flexibility index (Phi) is 4.56. The van der Waals surface area contributed by atoms with E-state index in [1.807, 2.05) is 6.92 Å². The molecule has 0 saturated heterocycles. The number of ether oxygens (including phenoxy) is 2. The molecule has 16 heavy (non-hydrogen) atoms. The van der Waals surface area contributed by atoms with Gasteiger partial charge in [-0.25, -0.2) is 4.39 Å². The summed E-state index contributed by atoms with van der Waals surface area (Å²) in [5, 5.41) is 0. The topological polar surface area (TPSA) is 44.5 Å². The molecule has 0 aliphatic heterocycles. The number of methoxy groups -OCH3 is 2. The predicted molar refractivity (Wildman–Crippen MR) is 64.7 cm³/mol. The van der Waals surface area contributed by atoms with Crippen molar-refractivity contribution in [3.63, 3.8) is 0 Å². The van der Waals surface area contributed by atoms with Crippen molar-refractivity contribution in [2.45, 2.75) is 12.8 Å². The van der Waals surface area contributed by atoms with Crippen LogP contribution in [-0.4, -0.2) is 20.8 Å². The average molecular weight is 292 g/mol. The lowest BCUT2D eigenvalue weighted by Gasteiger charge is -2.18. The summed E-state index contributed by atoms with van der Waals surface area (Å²) in [6, 6.07) is 1.54. The highest BCUT2D eigenvalue weighted by Crippen LogP contribution is 2.40. The normalized spacial score (nSPS) is 12.4. The van der Waals surface area contributed by atoms with E-state index >= 15 is 0 Å². The second-order valence-electron chi connectivity index (χ2n) is 3.46. The number of halogens is 2. The van der Waals surface area contributed by atoms with Gasteiger partial charge in [-0.05, 0) is 22.5 Å². The lowest BCUT2D eigenvalue weighted by molar-refractivity contribution is 0.345. The first-order valence-electron chi connectivity index (χ1n) is 4.86. The Morgan fingerprint density at radius 2 is 2.06 bits per heavy atom. The third-order valence-electron chi connectivity index (χ3n) is 2.44. The maximum absolute atomic E-state index is 14.0. The van der Waals surface area contributed by atoms with Crippen LogP contribution in [0.5, 0.6) is 11.5 Å². The second-order valence-corrected chi connectivity index (χ2v) is 4.31. The largest absolute Gasteiger partial charge is 0.493 e. The van der Waals surface area contributed by atoms with Crippen molar-refractivity contribution in [2.24, 2.45) is 5.73 Å². The van der Waals surface area contributed by atoms with Crippen molar-refractivity contribution in [2.75, 3.05) is 20.8 Å². The first-order valence-corrected chi connectivity index (χ1v) is 5.66. The Bertz CT molecular complexity index is 385. The molecule has 0 bridgehead atoms. The highest BCUT2D eigenvalue weighted by Gasteiger charge is 2.22. The Balaban J connectivity index is 3.46. The minimum absolute atomic E-state index is 0.138. The molecule has 2 N–H and O–H groups in total.